The zero-order valence-corrected chi connectivity index (χ0v) is 18.2. The molecule has 1 heterocycles. The molecular formula is C22H23BrN2O5. The van der Waals surface area contributed by atoms with Gasteiger partial charge < -0.3 is 9.84 Å². The van der Waals surface area contributed by atoms with Crippen LogP contribution in [0.2, 0.25) is 0 Å². The number of rotatable bonds is 8. The quantitative estimate of drug-likeness (QED) is 0.466. The maximum atomic E-state index is 12.5. The number of carbonyl (C=O) groups excluding carboxylic acids is 3. The summed E-state index contributed by atoms with van der Waals surface area (Å²) in [6, 6.07) is 12.0. The number of ether oxygens (including phenoxy) is 1. The molecule has 7 nitrogen and oxygen atoms in total. The van der Waals surface area contributed by atoms with Crippen LogP contribution in [0.25, 0.3) is 0 Å². The van der Waals surface area contributed by atoms with E-state index in [4.69, 9.17) is 0 Å². The summed E-state index contributed by atoms with van der Waals surface area (Å²) in [7, 11) is 1.25. The molecule has 0 spiro atoms. The molecule has 8 heteroatoms. The number of phenols is 1. The number of hydrogen-bond acceptors (Lipinski definition) is 6. The van der Waals surface area contributed by atoms with Crippen molar-refractivity contribution in [1.82, 2.24) is 10.0 Å². The van der Waals surface area contributed by atoms with Gasteiger partial charge in [-0.15, -0.1) is 0 Å². The lowest BCUT2D eigenvalue weighted by atomic mass is 10.1. The summed E-state index contributed by atoms with van der Waals surface area (Å²) >= 11 is 3.37. The van der Waals surface area contributed by atoms with Crippen molar-refractivity contribution in [3.05, 3.63) is 63.6 Å². The highest BCUT2D eigenvalue weighted by atomic mass is 79.9. The Morgan fingerprint density at radius 3 is 2.67 bits per heavy atom. The van der Waals surface area contributed by atoms with Crippen molar-refractivity contribution in [2.75, 3.05) is 26.7 Å². The fourth-order valence-electron chi connectivity index (χ4n) is 3.42. The highest BCUT2D eigenvalue weighted by Gasteiger charge is 2.28. The number of hydrogen-bond donors (Lipinski definition) is 1. The maximum absolute atomic E-state index is 12.5. The summed E-state index contributed by atoms with van der Waals surface area (Å²) in [5, 5.41) is 13.6. The molecule has 30 heavy (non-hydrogen) atoms. The first-order valence-corrected chi connectivity index (χ1v) is 10.4. The molecule has 0 aliphatic carbocycles. The third kappa shape index (κ3) is 5.25. The van der Waals surface area contributed by atoms with Crippen LogP contribution in [0, 0.1) is 0 Å². The molecule has 1 amide bonds. The van der Waals surface area contributed by atoms with Crippen LogP contribution in [0.5, 0.6) is 5.75 Å². The van der Waals surface area contributed by atoms with Gasteiger partial charge >= 0.3 is 5.97 Å². The topological polar surface area (TPSA) is 87.2 Å². The zero-order valence-electron chi connectivity index (χ0n) is 16.6. The molecular weight excluding hydrogens is 452 g/mol. The number of halogens is 1. The van der Waals surface area contributed by atoms with Crippen LogP contribution in [0.3, 0.4) is 0 Å². The summed E-state index contributed by atoms with van der Waals surface area (Å²) in [5.74, 6) is -0.710. The number of Topliss-reactive ketones (excluding diaryl/α,β-unsaturated/α-hetero) is 1. The molecule has 2 aromatic rings. The summed E-state index contributed by atoms with van der Waals surface area (Å²) < 4.78 is 5.48. The molecule has 1 fully saturated rings. The molecule has 1 aliphatic heterocycles. The predicted molar refractivity (Wildman–Crippen MR) is 114 cm³/mol. The van der Waals surface area contributed by atoms with E-state index >= 15 is 0 Å². The van der Waals surface area contributed by atoms with Gasteiger partial charge in [0.2, 0.25) is 5.91 Å². The van der Waals surface area contributed by atoms with Crippen LogP contribution in [-0.4, -0.2) is 59.5 Å². The molecule has 0 saturated carbocycles. The molecule has 1 N–H and O–H groups in total. The first kappa shape index (κ1) is 22.0. The number of hydrazine groups is 1. The second-order valence-electron chi connectivity index (χ2n) is 7.00. The standard InChI is InChI=1S/C22H23BrN2O5/c1-30-22(29)18-6-5-15(13-20(18)27)7-12-25-21(28)9-11-24(25)10-8-19(26)16-3-2-4-17(23)14-16/h2-6,13-14,27H,7-12H2,1H3. The highest BCUT2D eigenvalue weighted by molar-refractivity contribution is 9.10. The average molecular weight is 475 g/mol. The van der Waals surface area contributed by atoms with E-state index in [1.165, 1.54) is 19.2 Å². The van der Waals surface area contributed by atoms with Crippen LogP contribution >= 0.6 is 15.9 Å². The third-order valence-electron chi connectivity index (χ3n) is 5.04. The van der Waals surface area contributed by atoms with Gasteiger partial charge in [-0.2, -0.15) is 0 Å². The number of methoxy groups -OCH3 is 1. The number of benzene rings is 2. The van der Waals surface area contributed by atoms with Gasteiger partial charge in [-0.05, 0) is 36.2 Å². The van der Waals surface area contributed by atoms with Crippen LogP contribution in [0.4, 0.5) is 0 Å². The van der Waals surface area contributed by atoms with E-state index in [1.54, 1.807) is 23.2 Å². The van der Waals surface area contributed by atoms with Crippen LogP contribution in [0.15, 0.2) is 46.9 Å². The molecule has 0 bridgehead atoms. The van der Waals surface area contributed by atoms with Crippen molar-refractivity contribution in [3.63, 3.8) is 0 Å². The Hall–Kier alpha value is -2.71. The van der Waals surface area contributed by atoms with E-state index in [-0.39, 0.29) is 23.0 Å². The van der Waals surface area contributed by atoms with E-state index in [1.807, 2.05) is 17.1 Å². The first-order chi connectivity index (χ1) is 14.4. The summed E-state index contributed by atoms with van der Waals surface area (Å²) in [6.07, 6.45) is 1.24. The molecule has 3 rings (SSSR count). The SMILES string of the molecule is COC(=O)c1ccc(CCN2C(=O)CCN2CCC(=O)c2cccc(Br)c2)cc1O. The third-order valence-corrected chi connectivity index (χ3v) is 5.53. The van der Waals surface area contributed by atoms with Crippen LogP contribution in [0.1, 0.15) is 39.1 Å². The Bertz CT molecular complexity index is 962. The van der Waals surface area contributed by atoms with Crippen molar-refractivity contribution < 1.29 is 24.2 Å². The number of aromatic hydroxyl groups is 1. The number of nitrogens with zero attached hydrogens (tertiary/aromatic N) is 2. The first-order valence-electron chi connectivity index (χ1n) is 9.63. The van der Waals surface area contributed by atoms with Crippen LogP contribution in [-0.2, 0) is 16.0 Å². The van der Waals surface area contributed by atoms with Gasteiger partial charge in [0.25, 0.3) is 0 Å². The second-order valence-corrected chi connectivity index (χ2v) is 7.91. The Balaban J connectivity index is 1.58. The van der Waals surface area contributed by atoms with E-state index in [2.05, 4.69) is 20.7 Å². The largest absolute Gasteiger partial charge is 0.507 e. The normalized spacial score (nSPS) is 14.2. The second kappa shape index (κ2) is 9.86. The van der Waals surface area contributed by atoms with Crippen molar-refractivity contribution in [1.29, 1.82) is 0 Å². The predicted octanol–water partition coefficient (Wildman–Crippen LogP) is 3.21. The minimum atomic E-state index is -0.602. The number of ketones is 1. The lowest BCUT2D eigenvalue weighted by molar-refractivity contribution is -0.137. The molecule has 2 aromatic carbocycles. The van der Waals surface area contributed by atoms with Gasteiger partial charge in [0, 0.05) is 42.5 Å². The van der Waals surface area contributed by atoms with Crippen molar-refractivity contribution in [2.24, 2.45) is 0 Å². The van der Waals surface area contributed by atoms with Gasteiger partial charge in [0.1, 0.15) is 11.3 Å². The highest BCUT2D eigenvalue weighted by Crippen LogP contribution is 2.21. The lowest BCUT2D eigenvalue weighted by Crippen LogP contribution is -2.41. The van der Waals surface area contributed by atoms with Gasteiger partial charge in [-0.25, -0.2) is 9.80 Å². The maximum Gasteiger partial charge on any atom is 0.341 e. The Morgan fingerprint density at radius 1 is 1.17 bits per heavy atom. The van der Waals surface area contributed by atoms with Crippen molar-refractivity contribution >= 4 is 33.6 Å². The molecule has 1 aliphatic rings. The number of carbonyl (C=O) groups is 3. The fourth-order valence-corrected chi connectivity index (χ4v) is 3.82. The van der Waals surface area contributed by atoms with E-state index < -0.39 is 5.97 Å². The van der Waals surface area contributed by atoms with Gasteiger partial charge in [-0.1, -0.05) is 34.1 Å². The minimum absolute atomic E-state index is 0.0142. The minimum Gasteiger partial charge on any atom is -0.507 e. The van der Waals surface area contributed by atoms with E-state index in [0.717, 1.165) is 10.0 Å². The van der Waals surface area contributed by atoms with Gasteiger partial charge in [0.15, 0.2) is 5.78 Å². The number of esters is 1. The number of amides is 1. The van der Waals surface area contributed by atoms with Gasteiger partial charge in [-0.3, -0.25) is 14.6 Å². The van der Waals surface area contributed by atoms with E-state index in [9.17, 15) is 19.5 Å². The zero-order chi connectivity index (χ0) is 21.7. The lowest BCUT2D eigenvalue weighted by Gasteiger charge is -2.28. The molecule has 158 valence electrons. The Kier molecular flexibility index (Phi) is 7.23. The number of phenolic OH excluding ortho intramolecular Hbond substituents is 1. The van der Waals surface area contributed by atoms with Crippen LogP contribution < -0.4 is 0 Å². The average Bonchev–Trinajstić information content (AvgIpc) is 3.09. The Morgan fingerprint density at radius 2 is 1.97 bits per heavy atom. The van der Waals surface area contributed by atoms with Gasteiger partial charge in [0.05, 0.1) is 7.11 Å². The van der Waals surface area contributed by atoms with E-state index in [0.29, 0.717) is 44.5 Å². The summed E-state index contributed by atoms with van der Waals surface area (Å²) in [4.78, 5) is 36.3. The fraction of sp³-hybridized carbons (Fsp3) is 0.318. The molecule has 0 radical (unpaired) electrons. The molecule has 0 aromatic heterocycles. The molecule has 1 saturated heterocycles. The Labute approximate surface area is 183 Å². The molecule has 0 unspecified atom stereocenters. The summed E-state index contributed by atoms with van der Waals surface area (Å²) in [5.41, 5.74) is 1.54. The smallest absolute Gasteiger partial charge is 0.341 e. The molecule has 0 atom stereocenters. The van der Waals surface area contributed by atoms with Crippen molar-refractivity contribution in [3.8, 4) is 5.75 Å². The summed E-state index contributed by atoms with van der Waals surface area (Å²) in [6.45, 7) is 1.47. The monoisotopic (exact) mass is 474 g/mol. The van der Waals surface area contributed by atoms with Crippen molar-refractivity contribution in [2.45, 2.75) is 19.3 Å².